The number of carbonyl (C=O) groups excluding carboxylic acids is 2. The molecule has 0 spiro atoms. The fourth-order valence-corrected chi connectivity index (χ4v) is 5.74. The Labute approximate surface area is 213 Å². The Balaban J connectivity index is 1.66. The lowest BCUT2D eigenvalue weighted by molar-refractivity contribution is -0.247. The summed E-state index contributed by atoms with van der Waals surface area (Å²) < 4.78 is 17.3. The van der Waals surface area contributed by atoms with Gasteiger partial charge in [-0.05, 0) is 19.4 Å². The van der Waals surface area contributed by atoms with E-state index in [1.54, 1.807) is 19.9 Å². The Bertz CT molecular complexity index is 1280. The zero-order chi connectivity index (χ0) is 26.8. The van der Waals surface area contributed by atoms with Crippen LogP contribution in [0, 0.1) is 0 Å². The van der Waals surface area contributed by atoms with E-state index in [1.165, 1.54) is 19.2 Å². The molecule has 0 aromatic heterocycles. The number of aliphatic hydroxyl groups excluding tert-OH is 1. The molecule has 6 atom stereocenters. The first-order valence-corrected chi connectivity index (χ1v) is 12.3. The van der Waals surface area contributed by atoms with Crippen molar-refractivity contribution in [1.29, 1.82) is 0 Å². The van der Waals surface area contributed by atoms with E-state index in [0.29, 0.717) is 6.42 Å². The highest BCUT2D eigenvalue weighted by molar-refractivity contribution is 6.31. The number of fused-ring (bicyclic) bond motifs is 3. The third kappa shape index (κ3) is 3.91. The zero-order valence-electron chi connectivity index (χ0n) is 20.9. The van der Waals surface area contributed by atoms with Gasteiger partial charge in [-0.1, -0.05) is 19.1 Å². The molecule has 6 N–H and O–H groups in total. The van der Waals surface area contributed by atoms with Crippen LogP contribution >= 0.6 is 0 Å². The van der Waals surface area contributed by atoms with Gasteiger partial charge in [0.15, 0.2) is 12.1 Å². The summed E-state index contributed by atoms with van der Waals surface area (Å²) in [6.07, 6.45) is -2.93. The number of aliphatic hydroxyl groups is 2. The van der Waals surface area contributed by atoms with Crippen LogP contribution in [0.15, 0.2) is 18.2 Å². The second kappa shape index (κ2) is 9.07. The maximum atomic E-state index is 13.6. The summed E-state index contributed by atoms with van der Waals surface area (Å²) in [7, 11) is 1.37. The van der Waals surface area contributed by atoms with Gasteiger partial charge < -0.3 is 40.4 Å². The van der Waals surface area contributed by atoms with E-state index in [9.17, 15) is 30.0 Å². The van der Waals surface area contributed by atoms with E-state index < -0.39 is 59.3 Å². The molecule has 0 amide bonds. The molecule has 37 heavy (non-hydrogen) atoms. The molecule has 0 radical (unpaired) electrons. The van der Waals surface area contributed by atoms with Crippen LogP contribution in [0.1, 0.15) is 82.2 Å². The largest absolute Gasteiger partial charge is 0.507 e. The Hall–Kier alpha value is -3.02. The van der Waals surface area contributed by atoms with Crippen LogP contribution in [-0.4, -0.2) is 69.2 Å². The highest BCUT2D eigenvalue weighted by Crippen LogP contribution is 2.52. The smallest absolute Gasteiger partial charge is 0.202 e. The van der Waals surface area contributed by atoms with Crippen molar-refractivity contribution in [1.82, 2.24) is 0 Å². The second-order valence-corrected chi connectivity index (χ2v) is 10.1. The molecule has 2 aromatic carbocycles. The van der Waals surface area contributed by atoms with Gasteiger partial charge in [-0.25, -0.2) is 0 Å². The SMILES string of the molecule is CC[C@]1(O)Cc2c(O)c3c(c(O)c2C(O[C@H]2C[C@H](N)[C@H](O)[C@H](C)O2)C1)C(=O)c1c(OC)cccc1C3=O. The molecule has 1 saturated heterocycles. The summed E-state index contributed by atoms with van der Waals surface area (Å²) in [6.45, 7) is 3.44. The van der Waals surface area contributed by atoms with Gasteiger partial charge in [0.1, 0.15) is 17.2 Å². The first-order chi connectivity index (χ1) is 17.5. The fraction of sp³-hybridized carbons (Fsp3) is 0.481. The molecule has 198 valence electrons. The maximum Gasteiger partial charge on any atom is 0.202 e. The number of rotatable bonds is 4. The third-order valence-corrected chi connectivity index (χ3v) is 7.88. The van der Waals surface area contributed by atoms with Gasteiger partial charge in [-0.2, -0.15) is 0 Å². The summed E-state index contributed by atoms with van der Waals surface area (Å²) in [5.41, 5.74) is 4.39. The highest BCUT2D eigenvalue weighted by atomic mass is 16.7. The van der Waals surface area contributed by atoms with E-state index in [2.05, 4.69) is 0 Å². The van der Waals surface area contributed by atoms with Crippen molar-refractivity contribution in [3.63, 3.8) is 0 Å². The predicted molar refractivity (Wildman–Crippen MR) is 130 cm³/mol. The molecule has 1 aliphatic heterocycles. The highest BCUT2D eigenvalue weighted by Gasteiger charge is 2.47. The van der Waals surface area contributed by atoms with Crippen LogP contribution in [-0.2, 0) is 15.9 Å². The molecule has 2 aliphatic carbocycles. The van der Waals surface area contributed by atoms with E-state index in [1.807, 2.05) is 0 Å². The number of benzene rings is 2. The van der Waals surface area contributed by atoms with Crippen molar-refractivity contribution in [3.05, 3.63) is 51.6 Å². The monoisotopic (exact) mass is 513 g/mol. The summed E-state index contributed by atoms with van der Waals surface area (Å²) in [4.78, 5) is 27.1. The molecular formula is C27H31NO9. The second-order valence-electron chi connectivity index (χ2n) is 10.1. The van der Waals surface area contributed by atoms with E-state index in [-0.39, 0.29) is 58.4 Å². The minimum atomic E-state index is -1.32. The molecule has 1 fully saturated rings. The van der Waals surface area contributed by atoms with Crippen molar-refractivity contribution in [2.75, 3.05) is 7.11 Å². The van der Waals surface area contributed by atoms with Gasteiger partial charge in [0.25, 0.3) is 0 Å². The number of ether oxygens (including phenoxy) is 3. The van der Waals surface area contributed by atoms with Gasteiger partial charge in [0.05, 0.1) is 47.7 Å². The molecule has 0 bridgehead atoms. The number of hydrogen-bond donors (Lipinski definition) is 5. The minimum Gasteiger partial charge on any atom is -0.507 e. The molecule has 1 heterocycles. The van der Waals surface area contributed by atoms with Gasteiger partial charge in [-0.15, -0.1) is 0 Å². The number of ketones is 2. The number of methoxy groups -OCH3 is 1. The molecule has 0 saturated carbocycles. The van der Waals surface area contributed by atoms with Crippen molar-refractivity contribution in [2.24, 2.45) is 5.73 Å². The molecular weight excluding hydrogens is 482 g/mol. The average Bonchev–Trinajstić information content (AvgIpc) is 2.87. The van der Waals surface area contributed by atoms with E-state index >= 15 is 0 Å². The molecule has 3 aliphatic rings. The Morgan fingerprint density at radius 3 is 2.49 bits per heavy atom. The number of nitrogens with two attached hydrogens (primary N) is 1. The molecule has 1 unspecified atom stereocenters. The van der Waals surface area contributed by atoms with Crippen molar-refractivity contribution in [2.45, 2.75) is 75.8 Å². The number of aromatic hydroxyl groups is 2. The molecule has 2 aromatic rings. The van der Waals surface area contributed by atoms with Crippen LogP contribution in [0.2, 0.25) is 0 Å². The summed E-state index contributed by atoms with van der Waals surface area (Å²) in [5.74, 6) is -2.09. The van der Waals surface area contributed by atoms with Gasteiger partial charge in [0.2, 0.25) is 5.78 Å². The van der Waals surface area contributed by atoms with E-state index in [0.717, 1.165) is 0 Å². The number of phenols is 2. The number of carbonyl (C=O) groups is 2. The first kappa shape index (κ1) is 25.6. The van der Waals surface area contributed by atoms with Crippen LogP contribution in [0.5, 0.6) is 17.2 Å². The summed E-state index contributed by atoms with van der Waals surface area (Å²) in [5, 5.41) is 44.3. The van der Waals surface area contributed by atoms with Gasteiger partial charge in [-0.3, -0.25) is 9.59 Å². The molecule has 5 rings (SSSR count). The maximum absolute atomic E-state index is 13.6. The number of hydrogen-bond acceptors (Lipinski definition) is 10. The lowest BCUT2D eigenvalue weighted by Crippen LogP contribution is -2.52. The van der Waals surface area contributed by atoms with Gasteiger partial charge in [0, 0.05) is 42.0 Å². The normalized spacial score (nSPS) is 30.9. The van der Waals surface area contributed by atoms with Crippen molar-refractivity contribution < 1.29 is 44.2 Å². The van der Waals surface area contributed by atoms with Crippen LogP contribution in [0.3, 0.4) is 0 Å². The Morgan fingerprint density at radius 1 is 1.14 bits per heavy atom. The summed E-state index contributed by atoms with van der Waals surface area (Å²) >= 11 is 0. The Morgan fingerprint density at radius 2 is 1.84 bits per heavy atom. The fourth-order valence-electron chi connectivity index (χ4n) is 5.74. The Kier molecular flexibility index (Phi) is 6.28. The molecule has 10 heteroatoms. The van der Waals surface area contributed by atoms with Gasteiger partial charge >= 0.3 is 0 Å². The van der Waals surface area contributed by atoms with Crippen LogP contribution < -0.4 is 10.5 Å². The minimum absolute atomic E-state index is 0.000101. The first-order valence-electron chi connectivity index (χ1n) is 12.3. The van der Waals surface area contributed by atoms with Crippen molar-refractivity contribution >= 4 is 11.6 Å². The standard InChI is InChI=1S/C27H31NO9/c1-4-27(34)9-13-19(16(10-27)37-17-8-14(28)22(29)11(2)36-17)26(33)21-20(24(13)31)23(30)12-6-5-7-15(35-3)18(12)25(21)32/h5-7,11,14,16-17,22,29,31,33-34H,4,8-10,28H2,1-3H3/t11-,14-,16?,17-,22+,27-/m0/s1. The average molecular weight is 514 g/mol. The van der Waals surface area contributed by atoms with Crippen LogP contribution in [0.25, 0.3) is 0 Å². The lowest BCUT2D eigenvalue weighted by Gasteiger charge is -2.42. The lowest BCUT2D eigenvalue weighted by atomic mass is 9.72. The zero-order valence-corrected chi connectivity index (χ0v) is 20.9. The van der Waals surface area contributed by atoms with Crippen LogP contribution in [0.4, 0.5) is 0 Å². The van der Waals surface area contributed by atoms with E-state index in [4.69, 9.17) is 19.9 Å². The summed E-state index contributed by atoms with van der Waals surface area (Å²) in [6, 6.07) is 3.95. The predicted octanol–water partition coefficient (Wildman–Crippen LogP) is 1.85. The number of phenolic OH excluding ortho intramolecular Hbond substituents is 2. The third-order valence-electron chi connectivity index (χ3n) is 7.88. The topological polar surface area (TPSA) is 169 Å². The van der Waals surface area contributed by atoms with Crippen molar-refractivity contribution in [3.8, 4) is 17.2 Å². The molecule has 10 nitrogen and oxygen atoms in total. The quantitative estimate of drug-likeness (QED) is 0.325.